The number of aromatic nitrogens is 2. The van der Waals surface area contributed by atoms with Crippen molar-refractivity contribution in [2.24, 2.45) is 0 Å². The summed E-state index contributed by atoms with van der Waals surface area (Å²) >= 11 is 5.36. The number of nitrogens with zero attached hydrogens (tertiary/aromatic N) is 1. The zero-order valence-corrected chi connectivity index (χ0v) is 20.9. The van der Waals surface area contributed by atoms with Gasteiger partial charge in [-0.3, -0.25) is 14.3 Å². The molecule has 1 unspecified atom stereocenters. The molecule has 3 N–H and O–H groups in total. The Balaban J connectivity index is 1.43. The van der Waals surface area contributed by atoms with Crippen molar-refractivity contribution in [1.29, 1.82) is 0 Å². The lowest BCUT2D eigenvalue weighted by atomic mass is 9.80. The van der Waals surface area contributed by atoms with Crippen LogP contribution in [0.4, 0.5) is 0 Å². The fraction of sp³-hybridized carbons (Fsp3) is 0.207. The second kappa shape index (κ2) is 8.93. The molecule has 8 nitrogen and oxygen atoms in total. The number of nitrogens with one attached hydrogen (secondary N) is 1. The van der Waals surface area contributed by atoms with E-state index in [0.717, 1.165) is 27.3 Å². The smallest absolute Gasteiger partial charge is 0.330 e. The molecule has 0 spiro atoms. The minimum Gasteiger partial charge on any atom is -0.378 e. The summed E-state index contributed by atoms with van der Waals surface area (Å²) in [6, 6.07) is 30.2. The lowest BCUT2D eigenvalue weighted by Crippen LogP contribution is -2.41. The van der Waals surface area contributed by atoms with Gasteiger partial charge in [-0.25, -0.2) is 4.79 Å². The Morgan fingerprint density at radius 1 is 0.842 bits per heavy atom. The summed E-state index contributed by atoms with van der Waals surface area (Å²) in [6.07, 6.45) is -1.23. The van der Waals surface area contributed by atoms with E-state index in [1.807, 2.05) is 91.0 Å². The highest BCUT2D eigenvalue weighted by molar-refractivity contribution is 7.81. The predicted octanol–water partition coefficient (Wildman–Crippen LogP) is 2.29. The summed E-state index contributed by atoms with van der Waals surface area (Å²) in [7, 11) is 0. The van der Waals surface area contributed by atoms with Crippen molar-refractivity contribution in [2.75, 3.05) is 6.61 Å². The summed E-state index contributed by atoms with van der Waals surface area (Å²) in [5.74, 6) is 0. The quantitative estimate of drug-likeness (QED) is 0.249. The molecule has 2 aliphatic rings. The van der Waals surface area contributed by atoms with E-state index in [4.69, 9.17) is 21.7 Å². The maximum Gasteiger partial charge on any atom is 0.330 e. The van der Waals surface area contributed by atoms with Gasteiger partial charge in [0.05, 0.1) is 11.5 Å². The maximum atomic E-state index is 12.5. The molecule has 1 aromatic heterocycles. The number of aromatic amines is 1. The zero-order chi connectivity index (χ0) is 26.5. The van der Waals surface area contributed by atoms with Crippen LogP contribution in [0.25, 0.3) is 0 Å². The molecule has 0 bridgehead atoms. The Kier molecular flexibility index (Phi) is 5.78. The standard InChI is InChI=1S/C29H24N2O6S/c32-23-16-17-31(26(33)30-23)25-29(35)24(38)28(29,34)22(37-25)18-36-27(19-10-4-1-5-11-19,20-12-6-2-7-13-20)21-14-8-3-9-15-21/h1-17,22,25,34-35H,18H2,(H,30,32,33)/t22-,25?,28+,29+/m1/s1. The molecule has 4 atom stereocenters. The first-order chi connectivity index (χ1) is 18.3. The first-order valence-corrected chi connectivity index (χ1v) is 12.5. The van der Waals surface area contributed by atoms with E-state index in [1.54, 1.807) is 0 Å². The topological polar surface area (TPSA) is 114 Å². The van der Waals surface area contributed by atoms with Crippen molar-refractivity contribution in [3.63, 3.8) is 0 Å². The van der Waals surface area contributed by atoms with Gasteiger partial charge in [0.15, 0.2) is 17.4 Å². The molecule has 3 aromatic carbocycles. The summed E-state index contributed by atoms with van der Waals surface area (Å²) in [5.41, 5.74) is -3.83. The molecule has 0 amide bonds. The van der Waals surface area contributed by atoms with Crippen LogP contribution in [-0.4, -0.2) is 48.5 Å². The lowest BCUT2D eigenvalue weighted by Gasteiger charge is -2.37. The van der Waals surface area contributed by atoms with E-state index >= 15 is 0 Å². The van der Waals surface area contributed by atoms with Gasteiger partial charge in [-0.2, -0.15) is 0 Å². The lowest BCUT2D eigenvalue weighted by molar-refractivity contribution is -0.108. The summed E-state index contributed by atoms with van der Waals surface area (Å²) < 4.78 is 13.8. The van der Waals surface area contributed by atoms with Crippen LogP contribution < -0.4 is 11.2 Å². The van der Waals surface area contributed by atoms with Gasteiger partial charge in [0.25, 0.3) is 5.56 Å². The van der Waals surface area contributed by atoms with Crippen LogP contribution in [-0.2, 0) is 15.1 Å². The van der Waals surface area contributed by atoms with Crippen LogP contribution in [0.1, 0.15) is 22.9 Å². The number of benzene rings is 3. The average molecular weight is 529 g/mol. The first-order valence-electron chi connectivity index (χ1n) is 12.1. The van der Waals surface area contributed by atoms with Crippen LogP contribution in [0.15, 0.2) is 113 Å². The second-order valence-electron chi connectivity index (χ2n) is 9.45. The fourth-order valence-electron chi connectivity index (χ4n) is 5.44. The summed E-state index contributed by atoms with van der Waals surface area (Å²) in [4.78, 5) is 26.1. The number of H-pyrrole nitrogens is 1. The van der Waals surface area contributed by atoms with E-state index in [1.165, 1.54) is 6.20 Å². The van der Waals surface area contributed by atoms with Crippen LogP contribution in [0.2, 0.25) is 0 Å². The average Bonchev–Trinajstić information content (AvgIpc) is 3.27. The second-order valence-corrected chi connectivity index (χ2v) is 9.85. The molecule has 38 heavy (non-hydrogen) atoms. The molecule has 192 valence electrons. The Labute approximate surface area is 222 Å². The van der Waals surface area contributed by atoms with Gasteiger partial charge in [0.1, 0.15) is 11.7 Å². The van der Waals surface area contributed by atoms with Crippen molar-refractivity contribution >= 4 is 17.1 Å². The van der Waals surface area contributed by atoms with Gasteiger partial charge in [0, 0.05) is 12.3 Å². The van der Waals surface area contributed by atoms with E-state index in [2.05, 4.69) is 4.98 Å². The van der Waals surface area contributed by atoms with E-state index in [9.17, 15) is 19.8 Å². The largest absolute Gasteiger partial charge is 0.378 e. The molecule has 1 saturated heterocycles. The van der Waals surface area contributed by atoms with Gasteiger partial charge >= 0.3 is 5.69 Å². The van der Waals surface area contributed by atoms with Gasteiger partial charge in [-0.05, 0) is 16.7 Å². The van der Waals surface area contributed by atoms with Crippen LogP contribution >= 0.6 is 12.2 Å². The Morgan fingerprint density at radius 3 is 1.82 bits per heavy atom. The molecule has 1 aliphatic heterocycles. The Hall–Kier alpha value is -3.73. The molecule has 2 heterocycles. The van der Waals surface area contributed by atoms with Gasteiger partial charge in [-0.15, -0.1) is 0 Å². The third-order valence-corrected chi connectivity index (χ3v) is 8.05. The highest BCUT2D eigenvalue weighted by atomic mass is 32.1. The number of fused-ring (bicyclic) bond motifs is 1. The Morgan fingerprint density at radius 2 is 1.34 bits per heavy atom. The molecular formula is C29H24N2O6S. The highest BCUT2D eigenvalue weighted by Crippen LogP contribution is 2.61. The molecule has 6 rings (SSSR count). The first kappa shape index (κ1) is 24.6. The molecule has 1 aliphatic carbocycles. The van der Waals surface area contributed by atoms with Crippen molar-refractivity contribution in [2.45, 2.75) is 29.1 Å². The number of aliphatic hydroxyl groups is 2. The molecule has 4 aromatic rings. The van der Waals surface area contributed by atoms with E-state index in [0.29, 0.717) is 0 Å². The highest BCUT2D eigenvalue weighted by Gasteiger charge is 2.86. The molecule has 0 radical (unpaired) electrons. The molecule has 1 saturated carbocycles. The monoisotopic (exact) mass is 528 g/mol. The normalized spacial score (nSPS) is 26.2. The van der Waals surface area contributed by atoms with Crippen molar-refractivity contribution < 1.29 is 19.7 Å². The molecule has 9 heteroatoms. The number of thiocarbonyl (C=S) groups is 1. The van der Waals surface area contributed by atoms with Crippen molar-refractivity contribution in [1.82, 2.24) is 9.55 Å². The van der Waals surface area contributed by atoms with Gasteiger partial charge in [-0.1, -0.05) is 103 Å². The van der Waals surface area contributed by atoms with Gasteiger partial charge < -0.3 is 19.7 Å². The van der Waals surface area contributed by atoms with Gasteiger partial charge in [0.2, 0.25) is 0 Å². The van der Waals surface area contributed by atoms with Crippen molar-refractivity contribution in [3.8, 4) is 0 Å². The van der Waals surface area contributed by atoms with E-state index < -0.39 is 40.4 Å². The van der Waals surface area contributed by atoms with E-state index in [-0.39, 0.29) is 11.5 Å². The van der Waals surface area contributed by atoms with Crippen molar-refractivity contribution in [3.05, 3.63) is 141 Å². The predicted molar refractivity (Wildman–Crippen MR) is 143 cm³/mol. The fourth-order valence-corrected chi connectivity index (χ4v) is 5.93. The minimum absolute atomic E-state index is 0.0438. The number of rotatable bonds is 7. The Bertz CT molecular complexity index is 1510. The molecule has 2 fully saturated rings. The molecular weight excluding hydrogens is 504 g/mol. The van der Waals surface area contributed by atoms with Crippen LogP contribution in [0.3, 0.4) is 0 Å². The van der Waals surface area contributed by atoms with Crippen LogP contribution in [0.5, 0.6) is 0 Å². The summed E-state index contributed by atoms with van der Waals surface area (Å²) in [6.45, 7) is -0.174. The minimum atomic E-state index is -1.99. The zero-order valence-electron chi connectivity index (χ0n) is 20.1. The number of hydrogen-bond acceptors (Lipinski definition) is 7. The third kappa shape index (κ3) is 3.40. The maximum absolute atomic E-state index is 12.5. The SMILES string of the molecule is O=c1ccn(C2O[C@H](COC(c3ccccc3)(c3ccccc3)c3ccccc3)[C@]3(O)C(=S)[C@]23O)c(=O)[nH]1. The number of hydrogen-bond donors (Lipinski definition) is 3. The van der Waals surface area contributed by atoms with Crippen LogP contribution in [0, 0.1) is 0 Å². The summed E-state index contributed by atoms with van der Waals surface area (Å²) in [5, 5.41) is 22.8. The third-order valence-electron chi connectivity index (χ3n) is 7.42. The number of ether oxygens (including phenoxy) is 2.